The van der Waals surface area contributed by atoms with Crippen LogP contribution in [0.5, 0.6) is 0 Å². The van der Waals surface area contributed by atoms with Gasteiger partial charge in [0.05, 0.1) is 11.4 Å². The van der Waals surface area contributed by atoms with Crippen LogP contribution in [0.1, 0.15) is 32.0 Å². The van der Waals surface area contributed by atoms with E-state index in [1.807, 2.05) is 75.4 Å². The third-order valence-corrected chi connectivity index (χ3v) is 4.40. The van der Waals surface area contributed by atoms with Gasteiger partial charge in [0.1, 0.15) is 0 Å². The molecule has 2 rings (SSSR count). The molecule has 0 atom stereocenters. The molecule has 0 spiro atoms. The van der Waals surface area contributed by atoms with Gasteiger partial charge in [-0.3, -0.25) is 0 Å². The molecule has 1 aromatic heterocycles. The number of aromatic nitrogens is 2. The molecule has 128 valence electrons. The van der Waals surface area contributed by atoms with Crippen molar-refractivity contribution < 1.29 is 0 Å². The van der Waals surface area contributed by atoms with Crippen molar-refractivity contribution in [1.82, 2.24) is 9.97 Å². The number of benzene rings is 1. The Hall–Kier alpha value is -2.10. The van der Waals surface area contributed by atoms with Gasteiger partial charge in [-0.05, 0) is 37.9 Å². The van der Waals surface area contributed by atoms with Crippen molar-refractivity contribution in [3.63, 3.8) is 0 Å². The highest BCUT2D eigenvalue weighted by Gasteiger charge is 2.20. The molecule has 0 bridgehead atoms. The van der Waals surface area contributed by atoms with E-state index in [9.17, 15) is 0 Å². The quantitative estimate of drug-likeness (QED) is 0.364. The molecule has 0 saturated carbocycles. The zero-order chi connectivity index (χ0) is 18.4. The molecule has 1 aromatic carbocycles. The lowest BCUT2D eigenvalue weighted by atomic mass is 9.96. The van der Waals surface area contributed by atoms with Gasteiger partial charge in [0, 0.05) is 21.6 Å². The van der Waals surface area contributed by atoms with Gasteiger partial charge >= 0.3 is 0 Å². The van der Waals surface area contributed by atoms with Crippen LogP contribution in [0.4, 0.5) is 0 Å². The van der Waals surface area contributed by atoms with E-state index in [1.165, 1.54) is 0 Å². The standard InChI is InChI=1S/C21H21ClN2S/c1-5-11-15(6-2)14(4)19-18(17(25)7-3)20(24-21(22)23-19)16-12-9-8-10-13-16/h5-13,25H,4H2,1-3H3/b11-5-,15-6+,17-7+. The summed E-state index contributed by atoms with van der Waals surface area (Å²) in [6, 6.07) is 9.89. The van der Waals surface area contributed by atoms with Gasteiger partial charge in [0.2, 0.25) is 5.28 Å². The third-order valence-electron chi connectivity index (χ3n) is 3.75. The first-order valence-corrected chi connectivity index (χ1v) is 8.83. The fraction of sp³-hybridized carbons (Fsp3) is 0.143. The fourth-order valence-electron chi connectivity index (χ4n) is 2.53. The Morgan fingerprint density at radius 1 is 1.08 bits per heavy atom. The van der Waals surface area contributed by atoms with Gasteiger partial charge in [-0.25, -0.2) is 9.97 Å². The second-order valence-electron chi connectivity index (χ2n) is 5.33. The normalized spacial score (nSPS) is 12.7. The summed E-state index contributed by atoms with van der Waals surface area (Å²) in [7, 11) is 0. The first kappa shape index (κ1) is 19.2. The van der Waals surface area contributed by atoms with Crippen molar-refractivity contribution in [2.24, 2.45) is 0 Å². The number of halogens is 1. The summed E-state index contributed by atoms with van der Waals surface area (Å²) >= 11 is 10.9. The topological polar surface area (TPSA) is 25.8 Å². The minimum absolute atomic E-state index is 0.187. The highest BCUT2D eigenvalue weighted by Crippen LogP contribution is 2.36. The van der Waals surface area contributed by atoms with Gasteiger partial charge in [-0.15, -0.1) is 12.6 Å². The van der Waals surface area contributed by atoms with Crippen LogP contribution < -0.4 is 0 Å². The monoisotopic (exact) mass is 368 g/mol. The average Bonchev–Trinajstić information content (AvgIpc) is 2.64. The molecular weight excluding hydrogens is 348 g/mol. The molecule has 2 aromatic rings. The highest BCUT2D eigenvalue weighted by atomic mass is 35.5. The number of nitrogens with zero attached hydrogens (tertiary/aromatic N) is 2. The maximum Gasteiger partial charge on any atom is 0.223 e. The van der Waals surface area contributed by atoms with Crippen LogP contribution in [0.25, 0.3) is 21.7 Å². The molecule has 0 unspecified atom stereocenters. The Morgan fingerprint density at radius 3 is 2.32 bits per heavy atom. The zero-order valence-electron chi connectivity index (χ0n) is 14.6. The van der Waals surface area contributed by atoms with Crippen LogP contribution in [0.15, 0.2) is 66.8 Å². The molecule has 0 radical (unpaired) electrons. The minimum atomic E-state index is 0.187. The molecule has 0 aliphatic heterocycles. The molecule has 0 aliphatic carbocycles. The molecule has 4 heteroatoms. The van der Waals surface area contributed by atoms with Gasteiger partial charge in [-0.2, -0.15) is 0 Å². The second-order valence-corrected chi connectivity index (χ2v) is 6.15. The van der Waals surface area contributed by atoms with Crippen molar-refractivity contribution in [1.29, 1.82) is 0 Å². The van der Waals surface area contributed by atoms with Crippen LogP contribution in [0.2, 0.25) is 5.28 Å². The molecule has 2 nitrogen and oxygen atoms in total. The first-order valence-electron chi connectivity index (χ1n) is 8.00. The molecule has 0 fully saturated rings. The van der Waals surface area contributed by atoms with Crippen LogP contribution in [-0.2, 0) is 0 Å². The predicted octanol–water partition coefficient (Wildman–Crippen LogP) is 6.62. The SMILES string of the molecule is C=C(C(/C=C\C)=C/C)c1nc(Cl)nc(-c2ccccc2)c1/C(S)=C\C. The first-order chi connectivity index (χ1) is 12.0. The largest absolute Gasteiger partial charge is 0.223 e. The number of thiol groups is 1. The van der Waals surface area contributed by atoms with Crippen molar-refractivity contribution in [3.05, 3.63) is 83.3 Å². The summed E-state index contributed by atoms with van der Waals surface area (Å²) < 4.78 is 0. The van der Waals surface area contributed by atoms with E-state index >= 15 is 0 Å². The number of allylic oxidation sites excluding steroid dienone is 6. The third kappa shape index (κ3) is 4.30. The Kier molecular flexibility index (Phi) is 6.80. The lowest BCUT2D eigenvalue weighted by Gasteiger charge is -2.16. The maximum atomic E-state index is 6.24. The fourth-order valence-corrected chi connectivity index (χ4v) is 2.91. The highest BCUT2D eigenvalue weighted by molar-refractivity contribution is 7.90. The Bertz CT molecular complexity index is 865. The Morgan fingerprint density at radius 2 is 1.76 bits per heavy atom. The number of rotatable bonds is 5. The number of hydrogen-bond acceptors (Lipinski definition) is 3. The van der Waals surface area contributed by atoms with Crippen molar-refractivity contribution in [2.45, 2.75) is 20.8 Å². The minimum Gasteiger partial charge on any atom is -0.217 e. The Balaban J connectivity index is 2.81. The van der Waals surface area contributed by atoms with E-state index in [2.05, 4.69) is 29.2 Å². The summed E-state index contributed by atoms with van der Waals surface area (Å²) in [5.74, 6) is 0. The van der Waals surface area contributed by atoms with E-state index in [4.69, 9.17) is 11.6 Å². The van der Waals surface area contributed by atoms with E-state index in [0.717, 1.165) is 32.9 Å². The molecule has 1 heterocycles. The summed E-state index contributed by atoms with van der Waals surface area (Å²) in [6.45, 7) is 10.1. The summed E-state index contributed by atoms with van der Waals surface area (Å²) in [5, 5.41) is 0.187. The Labute approximate surface area is 160 Å². The average molecular weight is 369 g/mol. The van der Waals surface area contributed by atoms with Crippen molar-refractivity contribution in [2.75, 3.05) is 0 Å². The molecule has 0 saturated heterocycles. The smallest absolute Gasteiger partial charge is 0.217 e. The molecule has 25 heavy (non-hydrogen) atoms. The predicted molar refractivity (Wildman–Crippen MR) is 113 cm³/mol. The van der Waals surface area contributed by atoms with Gasteiger partial charge in [-0.1, -0.05) is 61.2 Å². The number of hydrogen-bond donors (Lipinski definition) is 1. The lowest BCUT2D eigenvalue weighted by molar-refractivity contribution is 1.14. The zero-order valence-corrected chi connectivity index (χ0v) is 16.3. The van der Waals surface area contributed by atoms with Crippen molar-refractivity contribution >= 4 is 34.7 Å². The summed E-state index contributed by atoms with van der Waals surface area (Å²) in [4.78, 5) is 9.72. The lowest BCUT2D eigenvalue weighted by Crippen LogP contribution is -2.03. The van der Waals surface area contributed by atoms with E-state index in [0.29, 0.717) is 5.69 Å². The molecule has 0 aliphatic rings. The van der Waals surface area contributed by atoms with Crippen LogP contribution in [0, 0.1) is 0 Å². The van der Waals surface area contributed by atoms with Gasteiger partial charge < -0.3 is 0 Å². The summed E-state index contributed by atoms with van der Waals surface area (Å²) in [6.07, 6.45) is 7.89. The van der Waals surface area contributed by atoms with Crippen LogP contribution in [0.3, 0.4) is 0 Å². The van der Waals surface area contributed by atoms with E-state index in [1.54, 1.807) is 0 Å². The maximum absolute atomic E-state index is 6.24. The second kappa shape index (κ2) is 8.84. The van der Waals surface area contributed by atoms with Gasteiger partial charge in [0.25, 0.3) is 0 Å². The summed E-state index contributed by atoms with van der Waals surface area (Å²) in [5.41, 5.74) is 4.98. The van der Waals surface area contributed by atoms with Crippen LogP contribution >= 0.6 is 24.2 Å². The van der Waals surface area contributed by atoms with E-state index in [-0.39, 0.29) is 5.28 Å². The van der Waals surface area contributed by atoms with Crippen molar-refractivity contribution in [3.8, 4) is 11.3 Å². The van der Waals surface area contributed by atoms with E-state index < -0.39 is 0 Å². The molecular formula is C21H21ClN2S. The molecule has 0 N–H and O–H groups in total. The van der Waals surface area contributed by atoms with Crippen LogP contribution in [-0.4, -0.2) is 9.97 Å². The van der Waals surface area contributed by atoms with Gasteiger partial charge in [0.15, 0.2) is 0 Å². The molecule has 0 amide bonds.